The fraction of sp³-hybridized carbons (Fsp3) is 0.500. The minimum absolute atomic E-state index is 0.129. The zero-order chi connectivity index (χ0) is 16.8. The summed E-state index contributed by atoms with van der Waals surface area (Å²) in [4.78, 5) is 2.36. The lowest BCUT2D eigenvalue weighted by molar-refractivity contribution is -0.0560. The Morgan fingerprint density at radius 3 is 1.48 bits per heavy atom. The van der Waals surface area contributed by atoms with Gasteiger partial charge in [-0.2, -0.15) is 4.86 Å². The molecule has 1 aromatic carbocycles. The van der Waals surface area contributed by atoms with Crippen LogP contribution in [0.1, 0.15) is 50.7 Å². The Balaban J connectivity index is 0.000000690. The van der Waals surface area contributed by atoms with Gasteiger partial charge in [-0.3, -0.25) is 0 Å². The quantitative estimate of drug-likeness (QED) is 0.497. The monoisotopic (exact) mass is 329 g/mol. The molecule has 9 heteroatoms. The van der Waals surface area contributed by atoms with Crippen molar-refractivity contribution >= 4 is 20.8 Å². The van der Waals surface area contributed by atoms with E-state index in [0.717, 1.165) is 11.1 Å². The molecule has 21 heavy (non-hydrogen) atoms. The third-order valence-electron chi connectivity index (χ3n) is 2.67. The topological polar surface area (TPSA) is 49.7 Å². The number of halogens is 4. The lowest BCUT2D eigenvalue weighted by atomic mass is 9.96. The van der Waals surface area contributed by atoms with E-state index in [2.05, 4.69) is 4.86 Å². The van der Waals surface area contributed by atoms with Gasteiger partial charge in [0.05, 0.1) is 0 Å². The Morgan fingerprint density at radius 1 is 0.952 bits per heavy atom. The summed E-state index contributed by atoms with van der Waals surface area (Å²) in [5.41, 5.74) is 1.55. The third-order valence-corrected chi connectivity index (χ3v) is 3.51. The van der Waals surface area contributed by atoms with Gasteiger partial charge in [-0.05, 0) is 35.1 Å². The van der Waals surface area contributed by atoms with Crippen molar-refractivity contribution in [3.8, 4) is 0 Å². The molecule has 1 rings (SSSR count). The van der Waals surface area contributed by atoms with Crippen molar-refractivity contribution in [1.82, 2.24) is 0 Å². The van der Waals surface area contributed by atoms with Crippen LogP contribution in [-0.4, -0.2) is 17.4 Å². The fourth-order valence-corrected chi connectivity index (χ4v) is 2.06. The van der Waals surface area contributed by atoms with E-state index in [1.807, 2.05) is 33.8 Å². The SMILES string of the molecule is CC(C)c1cc(C(C)C)cc([P+](F)(F)F)c1.OB(O)OF. The predicted molar refractivity (Wildman–Crippen MR) is 76.9 cm³/mol. The second-order valence-electron chi connectivity index (χ2n) is 5.03. The van der Waals surface area contributed by atoms with Crippen LogP contribution in [0.5, 0.6) is 0 Å². The van der Waals surface area contributed by atoms with E-state index in [1.54, 1.807) is 0 Å². The van der Waals surface area contributed by atoms with Crippen LogP contribution in [0.4, 0.5) is 17.1 Å². The van der Waals surface area contributed by atoms with Gasteiger partial charge in [-0.25, -0.2) is 0 Å². The Kier molecular flexibility index (Phi) is 8.40. The van der Waals surface area contributed by atoms with Gasteiger partial charge in [0.2, 0.25) is 0 Å². The predicted octanol–water partition coefficient (Wildman–Crippen LogP) is 4.09. The molecule has 0 saturated carbocycles. The summed E-state index contributed by atoms with van der Waals surface area (Å²) in [6.07, 6.45) is 0. The van der Waals surface area contributed by atoms with Gasteiger partial charge in [-0.15, -0.1) is 0 Å². The Hall–Kier alpha value is -0.685. The van der Waals surface area contributed by atoms with E-state index < -0.39 is 20.8 Å². The van der Waals surface area contributed by atoms with E-state index in [9.17, 15) is 17.1 Å². The maximum Gasteiger partial charge on any atom is 0.667 e. The van der Waals surface area contributed by atoms with Gasteiger partial charge in [0.25, 0.3) is 0 Å². The first-order valence-corrected chi connectivity index (χ1v) is 7.72. The van der Waals surface area contributed by atoms with Crippen LogP contribution in [0.2, 0.25) is 0 Å². The van der Waals surface area contributed by atoms with Crippen molar-refractivity contribution in [2.45, 2.75) is 39.5 Å². The molecule has 0 heterocycles. The van der Waals surface area contributed by atoms with Crippen molar-refractivity contribution in [1.29, 1.82) is 0 Å². The zero-order valence-corrected chi connectivity index (χ0v) is 13.1. The summed E-state index contributed by atoms with van der Waals surface area (Å²) in [6.45, 7) is 7.66. The lowest BCUT2D eigenvalue weighted by Gasteiger charge is -2.11. The van der Waals surface area contributed by atoms with E-state index in [0.29, 0.717) is 0 Å². The lowest BCUT2D eigenvalue weighted by Crippen LogP contribution is -2.10. The van der Waals surface area contributed by atoms with Gasteiger partial charge in [0, 0.05) is 12.6 Å². The Morgan fingerprint density at radius 2 is 1.29 bits per heavy atom. The van der Waals surface area contributed by atoms with Gasteiger partial charge in [0.1, 0.15) is 0 Å². The highest BCUT2D eigenvalue weighted by molar-refractivity contribution is 7.68. The molecule has 0 aliphatic carbocycles. The smallest absolute Gasteiger partial charge is 0.400 e. The molecule has 0 unspecified atom stereocenters. The molecule has 0 spiro atoms. The van der Waals surface area contributed by atoms with Crippen LogP contribution in [0.15, 0.2) is 18.2 Å². The first-order valence-electron chi connectivity index (χ1n) is 6.26. The highest BCUT2D eigenvalue weighted by atomic mass is 31.3. The van der Waals surface area contributed by atoms with Crippen LogP contribution in [-0.2, 0) is 4.86 Å². The number of hydrogen-bond acceptors (Lipinski definition) is 3. The Labute approximate surface area is 122 Å². The van der Waals surface area contributed by atoms with E-state index >= 15 is 0 Å². The molecular weight excluding hydrogens is 310 g/mol. The number of hydrogen-bond donors (Lipinski definition) is 2. The molecule has 0 atom stereocenters. The number of rotatable bonds is 4. The summed E-state index contributed by atoms with van der Waals surface area (Å²) in [6, 6.07) is 4.48. The minimum Gasteiger partial charge on any atom is -0.400 e. The maximum absolute atomic E-state index is 12.8. The molecule has 3 nitrogen and oxygen atoms in total. The van der Waals surface area contributed by atoms with Gasteiger partial charge >= 0.3 is 15.5 Å². The van der Waals surface area contributed by atoms with E-state index in [-0.39, 0.29) is 11.8 Å². The van der Waals surface area contributed by atoms with Crippen molar-refractivity contribution in [3.05, 3.63) is 29.3 Å². The molecular formula is C12H19BF4O3P+. The van der Waals surface area contributed by atoms with Gasteiger partial charge in [0.15, 0.2) is 5.30 Å². The van der Waals surface area contributed by atoms with Gasteiger partial charge in [-0.1, -0.05) is 38.3 Å². The first kappa shape index (κ1) is 20.3. The maximum atomic E-state index is 12.8. The van der Waals surface area contributed by atoms with Gasteiger partial charge < -0.3 is 10.0 Å². The van der Waals surface area contributed by atoms with Crippen molar-refractivity contribution in [3.63, 3.8) is 0 Å². The molecule has 0 aliphatic heterocycles. The molecule has 0 radical (unpaired) electrons. The molecule has 120 valence electrons. The fourth-order valence-electron chi connectivity index (χ4n) is 1.47. The molecule has 2 N–H and O–H groups in total. The van der Waals surface area contributed by atoms with E-state index in [1.165, 1.54) is 12.1 Å². The highest BCUT2D eigenvalue weighted by Crippen LogP contribution is 2.63. The van der Waals surface area contributed by atoms with Crippen molar-refractivity contribution < 1.29 is 32.0 Å². The highest BCUT2D eigenvalue weighted by Gasteiger charge is 2.47. The molecule has 0 aromatic heterocycles. The average molecular weight is 329 g/mol. The largest absolute Gasteiger partial charge is 0.667 e. The second kappa shape index (κ2) is 8.68. The van der Waals surface area contributed by atoms with Crippen LogP contribution < -0.4 is 5.30 Å². The standard InChI is InChI=1S/C12H17F3P.BFH2O3/c1-8(2)10-5-11(9(3)4)7-12(6-10)16(13,14)15;2-5-1(3)4/h5-9H,1-4H3;3-4H/q+1;. The van der Waals surface area contributed by atoms with Crippen LogP contribution in [0.25, 0.3) is 0 Å². The molecule has 0 saturated heterocycles. The number of benzene rings is 1. The van der Waals surface area contributed by atoms with Crippen LogP contribution >= 0.6 is 8.19 Å². The molecule has 0 bridgehead atoms. The summed E-state index contributed by atoms with van der Waals surface area (Å²) < 4.78 is 48.5. The normalized spacial score (nSPS) is 11.4. The molecule has 0 amide bonds. The molecule has 1 aromatic rings. The Bertz CT molecular complexity index is 413. The third kappa shape index (κ3) is 7.76. The minimum atomic E-state index is -5.40. The average Bonchev–Trinajstić information content (AvgIpc) is 2.37. The zero-order valence-electron chi connectivity index (χ0n) is 12.2. The van der Waals surface area contributed by atoms with Crippen molar-refractivity contribution in [2.24, 2.45) is 0 Å². The van der Waals surface area contributed by atoms with Crippen molar-refractivity contribution in [2.75, 3.05) is 0 Å². The summed E-state index contributed by atoms with van der Waals surface area (Å²) in [5.74, 6) is 0.257. The first-order chi connectivity index (χ1) is 9.48. The summed E-state index contributed by atoms with van der Waals surface area (Å²) in [7, 11) is -7.68. The molecule has 0 fully saturated rings. The summed E-state index contributed by atoms with van der Waals surface area (Å²) >= 11 is 0. The van der Waals surface area contributed by atoms with E-state index in [4.69, 9.17) is 10.0 Å². The second-order valence-corrected chi connectivity index (χ2v) is 6.43. The van der Waals surface area contributed by atoms with Crippen LogP contribution in [0, 0.1) is 0 Å². The van der Waals surface area contributed by atoms with Crippen LogP contribution in [0.3, 0.4) is 0 Å². The molecule has 0 aliphatic rings. The summed E-state index contributed by atoms with van der Waals surface area (Å²) in [5, 5.41) is 14.2.